The molecule has 0 radical (unpaired) electrons. The Hall–Kier alpha value is -1.13. The van der Waals surface area contributed by atoms with Gasteiger partial charge < -0.3 is 10.5 Å². The van der Waals surface area contributed by atoms with Crippen molar-refractivity contribution in [1.29, 1.82) is 0 Å². The third-order valence-electron chi connectivity index (χ3n) is 3.65. The second kappa shape index (κ2) is 5.47. The molecule has 2 atom stereocenters. The van der Waals surface area contributed by atoms with Crippen LogP contribution in [0.15, 0.2) is 18.3 Å². The molecule has 0 aromatic carbocycles. The Labute approximate surface area is 103 Å². The summed E-state index contributed by atoms with van der Waals surface area (Å²) in [5.74, 6) is 1.21. The standard InChI is InChI=1S/C13H21N3O/c1-3-16-7-6-10(8-14)13(16)11-4-5-12(17-2)15-9-11/h4-5,9-10,13H,3,6-8,14H2,1-2H3. The number of hydrogen-bond acceptors (Lipinski definition) is 4. The molecule has 0 bridgehead atoms. The summed E-state index contributed by atoms with van der Waals surface area (Å²) in [5, 5.41) is 0. The van der Waals surface area contributed by atoms with Crippen LogP contribution in [0.4, 0.5) is 0 Å². The Balaban J connectivity index is 2.22. The highest BCUT2D eigenvalue weighted by Crippen LogP contribution is 2.36. The van der Waals surface area contributed by atoms with Crippen molar-refractivity contribution in [3.05, 3.63) is 23.9 Å². The zero-order valence-corrected chi connectivity index (χ0v) is 10.6. The topological polar surface area (TPSA) is 51.4 Å². The lowest BCUT2D eigenvalue weighted by atomic mass is 9.95. The summed E-state index contributed by atoms with van der Waals surface area (Å²) in [4.78, 5) is 6.76. The van der Waals surface area contributed by atoms with Gasteiger partial charge in [0.2, 0.25) is 5.88 Å². The third-order valence-corrected chi connectivity index (χ3v) is 3.65. The lowest BCUT2D eigenvalue weighted by Gasteiger charge is -2.26. The van der Waals surface area contributed by atoms with Crippen LogP contribution in [0.3, 0.4) is 0 Å². The van der Waals surface area contributed by atoms with E-state index in [0.717, 1.165) is 19.6 Å². The molecule has 94 valence electrons. The van der Waals surface area contributed by atoms with Crippen LogP contribution in [0.25, 0.3) is 0 Å². The quantitative estimate of drug-likeness (QED) is 0.858. The van der Waals surface area contributed by atoms with Crippen LogP contribution < -0.4 is 10.5 Å². The third kappa shape index (κ3) is 2.42. The number of nitrogens with two attached hydrogens (primary N) is 1. The van der Waals surface area contributed by atoms with Gasteiger partial charge in [0.1, 0.15) is 0 Å². The van der Waals surface area contributed by atoms with E-state index in [2.05, 4.69) is 22.9 Å². The van der Waals surface area contributed by atoms with Crippen LogP contribution in [0, 0.1) is 5.92 Å². The smallest absolute Gasteiger partial charge is 0.212 e. The average Bonchev–Trinajstić information content (AvgIpc) is 2.81. The van der Waals surface area contributed by atoms with E-state index in [4.69, 9.17) is 10.5 Å². The van der Waals surface area contributed by atoms with Crippen molar-refractivity contribution in [1.82, 2.24) is 9.88 Å². The van der Waals surface area contributed by atoms with Gasteiger partial charge >= 0.3 is 0 Å². The van der Waals surface area contributed by atoms with Gasteiger partial charge in [0.05, 0.1) is 7.11 Å². The molecule has 1 aromatic heterocycles. The molecule has 0 aliphatic carbocycles. The van der Waals surface area contributed by atoms with Gasteiger partial charge in [0.15, 0.2) is 0 Å². The highest BCUT2D eigenvalue weighted by molar-refractivity contribution is 5.22. The molecule has 1 aromatic rings. The Morgan fingerprint density at radius 2 is 2.35 bits per heavy atom. The number of hydrogen-bond donors (Lipinski definition) is 1. The maximum Gasteiger partial charge on any atom is 0.212 e. The fourth-order valence-electron chi connectivity index (χ4n) is 2.70. The Bertz CT molecular complexity index is 340. The first kappa shape index (κ1) is 12.3. The van der Waals surface area contributed by atoms with Gasteiger partial charge in [-0.15, -0.1) is 0 Å². The minimum absolute atomic E-state index is 0.420. The summed E-state index contributed by atoms with van der Waals surface area (Å²) in [7, 11) is 1.64. The van der Waals surface area contributed by atoms with Crippen LogP contribution in [0.5, 0.6) is 5.88 Å². The highest BCUT2D eigenvalue weighted by Gasteiger charge is 2.33. The first-order chi connectivity index (χ1) is 8.30. The molecule has 4 heteroatoms. The SMILES string of the molecule is CCN1CCC(CN)C1c1ccc(OC)nc1. The van der Waals surface area contributed by atoms with Crippen LogP contribution in [0.1, 0.15) is 24.9 Å². The molecule has 2 heterocycles. The monoisotopic (exact) mass is 235 g/mol. The fraction of sp³-hybridized carbons (Fsp3) is 0.615. The van der Waals surface area contributed by atoms with E-state index in [9.17, 15) is 0 Å². The molecule has 17 heavy (non-hydrogen) atoms. The number of ether oxygens (including phenoxy) is 1. The summed E-state index contributed by atoms with van der Waals surface area (Å²) in [6.07, 6.45) is 3.10. The van der Waals surface area contributed by atoms with Gasteiger partial charge in [-0.3, -0.25) is 4.90 Å². The lowest BCUT2D eigenvalue weighted by molar-refractivity contribution is 0.241. The first-order valence-corrected chi connectivity index (χ1v) is 6.24. The van der Waals surface area contributed by atoms with Crippen LogP contribution in [-0.2, 0) is 0 Å². The van der Waals surface area contributed by atoms with Crippen LogP contribution in [0.2, 0.25) is 0 Å². The van der Waals surface area contributed by atoms with E-state index in [1.165, 1.54) is 12.0 Å². The van der Waals surface area contributed by atoms with Gasteiger partial charge in [-0.2, -0.15) is 0 Å². The molecular weight excluding hydrogens is 214 g/mol. The van der Waals surface area contributed by atoms with Crippen molar-refractivity contribution in [2.24, 2.45) is 11.7 Å². The van der Waals surface area contributed by atoms with Crippen LogP contribution in [-0.4, -0.2) is 36.6 Å². The van der Waals surface area contributed by atoms with E-state index in [1.807, 2.05) is 12.3 Å². The minimum Gasteiger partial charge on any atom is -0.481 e. The number of likely N-dealkylation sites (tertiary alicyclic amines) is 1. The summed E-state index contributed by atoms with van der Waals surface area (Å²) >= 11 is 0. The molecule has 0 saturated carbocycles. The Morgan fingerprint density at radius 1 is 1.53 bits per heavy atom. The van der Waals surface area contributed by atoms with Gasteiger partial charge in [0, 0.05) is 18.3 Å². The Kier molecular flexibility index (Phi) is 3.97. The minimum atomic E-state index is 0.420. The van der Waals surface area contributed by atoms with Gasteiger partial charge in [-0.05, 0) is 37.5 Å². The molecule has 4 nitrogen and oxygen atoms in total. The van der Waals surface area contributed by atoms with Gasteiger partial charge in [-0.1, -0.05) is 13.0 Å². The molecule has 1 saturated heterocycles. The second-order valence-electron chi connectivity index (χ2n) is 4.49. The van der Waals surface area contributed by atoms with Crippen molar-refractivity contribution < 1.29 is 4.74 Å². The molecule has 2 unspecified atom stereocenters. The Morgan fingerprint density at radius 3 is 2.88 bits per heavy atom. The molecule has 1 aliphatic rings. The highest BCUT2D eigenvalue weighted by atomic mass is 16.5. The molecule has 1 fully saturated rings. The molecular formula is C13H21N3O. The second-order valence-corrected chi connectivity index (χ2v) is 4.49. The summed E-state index contributed by atoms with van der Waals surface area (Å²) in [5.41, 5.74) is 7.11. The summed E-state index contributed by atoms with van der Waals surface area (Å²) < 4.78 is 5.09. The van der Waals surface area contributed by atoms with Crippen molar-refractivity contribution in [2.45, 2.75) is 19.4 Å². The fourth-order valence-corrected chi connectivity index (χ4v) is 2.70. The molecule has 0 amide bonds. The van der Waals surface area contributed by atoms with E-state index >= 15 is 0 Å². The van der Waals surface area contributed by atoms with Crippen LogP contribution >= 0.6 is 0 Å². The molecule has 0 spiro atoms. The lowest BCUT2D eigenvalue weighted by Crippen LogP contribution is -2.28. The van der Waals surface area contributed by atoms with Gasteiger partial charge in [0.25, 0.3) is 0 Å². The summed E-state index contributed by atoms with van der Waals surface area (Å²) in [6.45, 7) is 5.14. The number of methoxy groups -OCH3 is 1. The number of nitrogens with zero attached hydrogens (tertiary/aromatic N) is 2. The van der Waals surface area contributed by atoms with E-state index in [0.29, 0.717) is 17.8 Å². The zero-order chi connectivity index (χ0) is 12.3. The average molecular weight is 235 g/mol. The van der Waals surface area contributed by atoms with Crippen molar-refractivity contribution >= 4 is 0 Å². The molecule has 1 aliphatic heterocycles. The van der Waals surface area contributed by atoms with Crippen molar-refractivity contribution in [3.63, 3.8) is 0 Å². The maximum absolute atomic E-state index is 5.86. The zero-order valence-electron chi connectivity index (χ0n) is 10.6. The van der Waals surface area contributed by atoms with Crippen molar-refractivity contribution in [2.75, 3.05) is 26.7 Å². The number of aromatic nitrogens is 1. The number of pyridine rings is 1. The normalized spacial score (nSPS) is 25.1. The first-order valence-electron chi connectivity index (χ1n) is 6.24. The maximum atomic E-state index is 5.86. The number of rotatable bonds is 4. The molecule has 2 N–H and O–H groups in total. The van der Waals surface area contributed by atoms with Crippen molar-refractivity contribution in [3.8, 4) is 5.88 Å². The predicted molar refractivity (Wildman–Crippen MR) is 67.9 cm³/mol. The van der Waals surface area contributed by atoms with Gasteiger partial charge in [-0.25, -0.2) is 4.98 Å². The largest absolute Gasteiger partial charge is 0.481 e. The summed E-state index contributed by atoms with van der Waals surface area (Å²) in [6, 6.07) is 4.45. The predicted octanol–water partition coefficient (Wildman–Crippen LogP) is 1.43. The van der Waals surface area contributed by atoms with E-state index in [-0.39, 0.29) is 0 Å². The van der Waals surface area contributed by atoms with E-state index in [1.54, 1.807) is 7.11 Å². The molecule has 2 rings (SSSR count). The van der Waals surface area contributed by atoms with E-state index < -0.39 is 0 Å².